The standard InChI is InChI=1S/C15H16BrN3O/c1-2-19(10-11-5-7-18-8-6-11)15(20)13-4-3-12(16)9-14(13)17/h3-9H,2,10,17H2,1H3. The summed E-state index contributed by atoms with van der Waals surface area (Å²) >= 11 is 3.34. The van der Waals surface area contributed by atoms with Gasteiger partial charge in [0.1, 0.15) is 0 Å². The monoisotopic (exact) mass is 333 g/mol. The molecular weight excluding hydrogens is 318 g/mol. The van der Waals surface area contributed by atoms with Crippen molar-refractivity contribution in [2.45, 2.75) is 13.5 Å². The fourth-order valence-electron chi connectivity index (χ4n) is 1.93. The van der Waals surface area contributed by atoms with E-state index in [1.54, 1.807) is 29.4 Å². The highest BCUT2D eigenvalue weighted by Crippen LogP contribution is 2.20. The molecule has 0 aliphatic carbocycles. The first-order valence-electron chi connectivity index (χ1n) is 6.35. The van der Waals surface area contributed by atoms with Crippen LogP contribution in [0.1, 0.15) is 22.8 Å². The molecule has 0 saturated heterocycles. The number of benzene rings is 1. The van der Waals surface area contributed by atoms with Gasteiger partial charge in [-0.25, -0.2) is 0 Å². The number of nitrogens with two attached hydrogens (primary N) is 1. The third kappa shape index (κ3) is 3.36. The first-order chi connectivity index (χ1) is 9.61. The summed E-state index contributed by atoms with van der Waals surface area (Å²) in [7, 11) is 0. The second-order valence-electron chi connectivity index (χ2n) is 4.41. The summed E-state index contributed by atoms with van der Waals surface area (Å²) in [4.78, 5) is 18.3. The second kappa shape index (κ2) is 6.52. The highest BCUT2D eigenvalue weighted by Gasteiger charge is 2.17. The van der Waals surface area contributed by atoms with Crippen LogP contribution < -0.4 is 5.73 Å². The van der Waals surface area contributed by atoms with E-state index in [-0.39, 0.29) is 5.91 Å². The number of nitrogen functional groups attached to an aromatic ring is 1. The number of pyridine rings is 1. The van der Waals surface area contributed by atoms with Crippen LogP contribution >= 0.6 is 15.9 Å². The minimum atomic E-state index is -0.0608. The first kappa shape index (κ1) is 14.5. The van der Waals surface area contributed by atoms with Gasteiger partial charge >= 0.3 is 0 Å². The lowest BCUT2D eigenvalue weighted by molar-refractivity contribution is 0.0753. The molecule has 0 saturated carbocycles. The molecule has 0 bridgehead atoms. The zero-order chi connectivity index (χ0) is 14.5. The smallest absolute Gasteiger partial charge is 0.256 e. The number of carbonyl (C=O) groups excluding carboxylic acids is 1. The van der Waals surface area contributed by atoms with Crippen molar-refractivity contribution in [3.8, 4) is 0 Å². The SMILES string of the molecule is CCN(Cc1ccncc1)C(=O)c1ccc(Br)cc1N. The Kier molecular flexibility index (Phi) is 4.74. The minimum absolute atomic E-state index is 0.0608. The van der Waals surface area contributed by atoms with E-state index >= 15 is 0 Å². The van der Waals surface area contributed by atoms with Crippen molar-refractivity contribution in [1.82, 2.24) is 9.88 Å². The van der Waals surface area contributed by atoms with Gasteiger partial charge in [0, 0.05) is 35.6 Å². The molecule has 1 amide bonds. The molecule has 1 heterocycles. The predicted molar refractivity (Wildman–Crippen MR) is 83.2 cm³/mol. The van der Waals surface area contributed by atoms with Crippen LogP contribution in [0.25, 0.3) is 0 Å². The first-order valence-corrected chi connectivity index (χ1v) is 7.14. The Bertz CT molecular complexity index is 601. The summed E-state index contributed by atoms with van der Waals surface area (Å²) in [6.45, 7) is 3.12. The minimum Gasteiger partial charge on any atom is -0.398 e. The Hall–Kier alpha value is -1.88. The van der Waals surface area contributed by atoms with Gasteiger partial charge in [0.05, 0.1) is 5.56 Å². The summed E-state index contributed by atoms with van der Waals surface area (Å²) < 4.78 is 0.865. The molecular formula is C15H16BrN3O. The molecule has 0 aliphatic rings. The Morgan fingerprint density at radius 3 is 2.60 bits per heavy atom. The molecule has 1 aromatic carbocycles. The summed E-state index contributed by atoms with van der Waals surface area (Å²) in [5.41, 5.74) is 7.98. The number of aromatic nitrogens is 1. The van der Waals surface area contributed by atoms with Crippen molar-refractivity contribution < 1.29 is 4.79 Å². The highest BCUT2D eigenvalue weighted by atomic mass is 79.9. The number of amides is 1. The van der Waals surface area contributed by atoms with Crippen molar-refractivity contribution in [2.24, 2.45) is 0 Å². The van der Waals surface area contributed by atoms with E-state index in [9.17, 15) is 4.79 Å². The van der Waals surface area contributed by atoms with Gasteiger partial charge in [0.25, 0.3) is 5.91 Å². The maximum atomic E-state index is 12.5. The summed E-state index contributed by atoms with van der Waals surface area (Å²) in [6, 6.07) is 9.12. The van der Waals surface area contributed by atoms with Crippen LogP contribution in [0.4, 0.5) is 5.69 Å². The lowest BCUT2D eigenvalue weighted by Crippen LogP contribution is -2.30. The topological polar surface area (TPSA) is 59.2 Å². The zero-order valence-corrected chi connectivity index (χ0v) is 12.8. The van der Waals surface area contributed by atoms with Crippen LogP contribution in [0.15, 0.2) is 47.2 Å². The van der Waals surface area contributed by atoms with Crippen molar-refractivity contribution in [3.05, 3.63) is 58.3 Å². The maximum Gasteiger partial charge on any atom is 0.256 e. The molecule has 104 valence electrons. The highest BCUT2D eigenvalue weighted by molar-refractivity contribution is 9.10. The lowest BCUT2D eigenvalue weighted by atomic mass is 10.1. The fraction of sp³-hybridized carbons (Fsp3) is 0.200. The van der Waals surface area contributed by atoms with E-state index in [1.807, 2.05) is 25.1 Å². The molecule has 1 aromatic heterocycles. The van der Waals surface area contributed by atoms with Crippen LogP contribution in [-0.4, -0.2) is 22.3 Å². The van der Waals surface area contributed by atoms with E-state index in [2.05, 4.69) is 20.9 Å². The molecule has 0 radical (unpaired) electrons. The Morgan fingerprint density at radius 1 is 1.30 bits per heavy atom. The van der Waals surface area contributed by atoms with Crippen LogP contribution in [0.2, 0.25) is 0 Å². The molecule has 0 fully saturated rings. The Labute approximate surface area is 126 Å². The van der Waals surface area contributed by atoms with Crippen LogP contribution in [0.3, 0.4) is 0 Å². The number of anilines is 1. The number of carbonyl (C=O) groups is 1. The average molecular weight is 334 g/mol. The molecule has 0 aliphatic heterocycles. The van der Waals surface area contributed by atoms with Crippen molar-refractivity contribution in [2.75, 3.05) is 12.3 Å². The third-order valence-corrected chi connectivity index (χ3v) is 3.53. The van der Waals surface area contributed by atoms with E-state index in [4.69, 9.17) is 5.73 Å². The van der Waals surface area contributed by atoms with Crippen LogP contribution in [-0.2, 0) is 6.54 Å². The molecule has 20 heavy (non-hydrogen) atoms. The average Bonchev–Trinajstić information content (AvgIpc) is 2.45. The number of hydrogen-bond acceptors (Lipinski definition) is 3. The molecule has 0 atom stereocenters. The molecule has 4 nitrogen and oxygen atoms in total. The molecule has 0 spiro atoms. The predicted octanol–water partition coefficient (Wildman–Crippen LogP) is 3.09. The molecule has 0 unspecified atom stereocenters. The van der Waals surface area contributed by atoms with Gasteiger partial charge in [-0.1, -0.05) is 15.9 Å². The van der Waals surface area contributed by atoms with E-state index in [1.165, 1.54) is 0 Å². The normalized spacial score (nSPS) is 10.3. The van der Waals surface area contributed by atoms with Crippen LogP contribution in [0, 0.1) is 0 Å². The molecule has 2 aromatic rings. The van der Waals surface area contributed by atoms with Crippen molar-refractivity contribution in [1.29, 1.82) is 0 Å². The summed E-state index contributed by atoms with van der Waals surface area (Å²) in [5, 5.41) is 0. The quantitative estimate of drug-likeness (QED) is 0.874. The lowest BCUT2D eigenvalue weighted by Gasteiger charge is -2.21. The van der Waals surface area contributed by atoms with E-state index in [0.717, 1.165) is 10.0 Å². The van der Waals surface area contributed by atoms with Crippen molar-refractivity contribution in [3.63, 3.8) is 0 Å². The number of nitrogens with zero attached hydrogens (tertiary/aromatic N) is 2. The second-order valence-corrected chi connectivity index (χ2v) is 5.32. The van der Waals surface area contributed by atoms with Gasteiger partial charge in [-0.05, 0) is 42.8 Å². The van der Waals surface area contributed by atoms with Gasteiger partial charge in [0.15, 0.2) is 0 Å². The van der Waals surface area contributed by atoms with Gasteiger partial charge < -0.3 is 10.6 Å². The Morgan fingerprint density at radius 2 is 2.00 bits per heavy atom. The maximum absolute atomic E-state index is 12.5. The van der Waals surface area contributed by atoms with Gasteiger partial charge in [0.2, 0.25) is 0 Å². The molecule has 2 N–H and O–H groups in total. The summed E-state index contributed by atoms with van der Waals surface area (Å²) in [5.74, 6) is -0.0608. The van der Waals surface area contributed by atoms with Gasteiger partial charge in [-0.15, -0.1) is 0 Å². The number of hydrogen-bond donors (Lipinski definition) is 1. The summed E-state index contributed by atoms with van der Waals surface area (Å²) in [6.07, 6.45) is 3.45. The van der Waals surface area contributed by atoms with E-state index < -0.39 is 0 Å². The van der Waals surface area contributed by atoms with Crippen molar-refractivity contribution >= 4 is 27.5 Å². The number of rotatable bonds is 4. The molecule has 2 rings (SSSR count). The largest absolute Gasteiger partial charge is 0.398 e. The van der Waals surface area contributed by atoms with Gasteiger partial charge in [-0.2, -0.15) is 0 Å². The third-order valence-electron chi connectivity index (χ3n) is 3.04. The molecule has 5 heteroatoms. The van der Waals surface area contributed by atoms with Crippen LogP contribution in [0.5, 0.6) is 0 Å². The zero-order valence-electron chi connectivity index (χ0n) is 11.2. The van der Waals surface area contributed by atoms with Gasteiger partial charge in [-0.3, -0.25) is 9.78 Å². The Balaban J connectivity index is 2.21. The fourth-order valence-corrected chi connectivity index (χ4v) is 2.31. The number of halogens is 1. The van der Waals surface area contributed by atoms with E-state index in [0.29, 0.717) is 24.3 Å².